The Morgan fingerprint density at radius 2 is 1.66 bits per heavy atom. The molecule has 226 valence electrons. The van der Waals surface area contributed by atoms with Crippen molar-refractivity contribution in [1.82, 2.24) is 0 Å². The molecule has 0 radical (unpaired) electrons. The van der Waals surface area contributed by atoms with E-state index in [1.54, 1.807) is 20.8 Å². The van der Waals surface area contributed by atoms with Crippen LogP contribution in [0.2, 0.25) is 0 Å². The molecule has 4 rings (SSSR count). The van der Waals surface area contributed by atoms with Gasteiger partial charge in [0.15, 0.2) is 11.9 Å². The van der Waals surface area contributed by atoms with E-state index in [0.29, 0.717) is 29.6 Å². The Balaban J connectivity index is 1.88. The first kappa shape index (κ1) is 31.3. The van der Waals surface area contributed by atoms with E-state index in [4.69, 9.17) is 4.74 Å². The van der Waals surface area contributed by atoms with E-state index >= 15 is 0 Å². The van der Waals surface area contributed by atoms with Crippen LogP contribution in [0.15, 0.2) is 22.8 Å². The standard InChI is InChI=1S/C32H44O9/c1-15(11-18(34)12-16(2)28(39)40)19-13-23(37)32(8)24-20(35)14-21-29(4,5)22(36)9-10-30(21,6)25(24)26(38)27(31(19,32)7)41-17(3)33/h13,15-16,20-22,27,35-36H,9-12,14H2,1-8H3,(H,39,40). The SMILES string of the molecule is CC(=O)OC1C(=O)C2=C(C(O)CC3C2(C)CCC(O)C3(C)C)C2(C)C(=O)C=C(C(C)CC(=O)CC(C)C(=O)O)C12C. The number of hydrogen-bond acceptors (Lipinski definition) is 8. The van der Waals surface area contributed by atoms with Gasteiger partial charge < -0.3 is 20.1 Å². The highest BCUT2D eigenvalue weighted by Crippen LogP contribution is 2.69. The van der Waals surface area contributed by atoms with Crippen LogP contribution in [-0.4, -0.2) is 62.9 Å². The number of hydrogen-bond donors (Lipinski definition) is 3. The van der Waals surface area contributed by atoms with Crippen LogP contribution in [0.5, 0.6) is 0 Å². The molecular formula is C32H44O9. The third-order valence-electron chi connectivity index (χ3n) is 11.4. The predicted octanol–water partition coefficient (Wildman–Crippen LogP) is 3.59. The first-order chi connectivity index (χ1) is 18.8. The zero-order valence-electron chi connectivity index (χ0n) is 25.4. The quantitative estimate of drug-likeness (QED) is 0.388. The predicted molar refractivity (Wildman–Crippen MR) is 148 cm³/mol. The van der Waals surface area contributed by atoms with Crippen molar-refractivity contribution < 1.29 is 44.0 Å². The van der Waals surface area contributed by atoms with Gasteiger partial charge >= 0.3 is 11.9 Å². The Morgan fingerprint density at radius 1 is 1.05 bits per heavy atom. The number of aliphatic hydroxyl groups is 2. The number of esters is 1. The van der Waals surface area contributed by atoms with E-state index in [9.17, 15) is 39.3 Å². The number of carboxylic acids is 1. The molecule has 9 heteroatoms. The third kappa shape index (κ3) is 4.29. The molecular weight excluding hydrogens is 528 g/mol. The summed E-state index contributed by atoms with van der Waals surface area (Å²) in [5.74, 6) is -4.53. The van der Waals surface area contributed by atoms with Gasteiger partial charge in [0.1, 0.15) is 5.78 Å². The van der Waals surface area contributed by atoms with Crippen molar-refractivity contribution in [3.05, 3.63) is 22.8 Å². The maximum atomic E-state index is 14.6. The minimum absolute atomic E-state index is 0.0519. The molecule has 0 saturated heterocycles. The fraction of sp³-hybridized carbons (Fsp3) is 0.719. The van der Waals surface area contributed by atoms with Crippen LogP contribution in [0.1, 0.15) is 87.5 Å². The summed E-state index contributed by atoms with van der Waals surface area (Å²) in [7, 11) is 0. The van der Waals surface area contributed by atoms with Crippen molar-refractivity contribution in [2.24, 2.45) is 39.4 Å². The Kier molecular flexibility index (Phi) is 7.61. The van der Waals surface area contributed by atoms with Gasteiger partial charge in [0.2, 0.25) is 5.78 Å². The Morgan fingerprint density at radius 3 is 2.22 bits per heavy atom. The smallest absolute Gasteiger partial charge is 0.306 e. The first-order valence-corrected chi connectivity index (χ1v) is 14.6. The van der Waals surface area contributed by atoms with Crippen LogP contribution in [0.4, 0.5) is 0 Å². The average molecular weight is 573 g/mol. The number of rotatable bonds is 7. The summed E-state index contributed by atoms with van der Waals surface area (Å²) in [6.45, 7) is 13.6. The second-order valence-corrected chi connectivity index (χ2v) is 14.1. The molecule has 0 aliphatic heterocycles. The second-order valence-electron chi connectivity index (χ2n) is 14.1. The van der Waals surface area contributed by atoms with E-state index in [-0.39, 0.29) is 36.7 Å². The Bertz CT molecular complexity index is 1270. The van der Waals surface area contributed by atoms with E-state index in [2.05, 4.69) is 0 Å². The topological polar surface area (TPSA) is 155 Å². The van der Waals surface area contributed by atoms with Crippen molar-refractivity contribution >= 4 is 29.3 Å². The number of carbonyl (C=O) groups is 5. The molecule has 0 bridgehead atoms. The maximum absolute atomic E-state index is 14.6. The highest BCUT2D eigenvalue weighted by atomic mass is 16.5. The van der Waals surface area contributed by atoms with Gasteiger partial charge in [0, 0.05) is 25.3 Å². The lowest BCUT2D eigenvalue weighted by Crippen LogP contribution is -2.65. The van der Waals surface area contributed by atoms with Crippen molar-refractivity contribution in [1.29, 1.82) is 0 Å². The number of aliphatic carboxylic acids is 1. The van der Waals surface area contributed by atoms with Gasteiger partial charge in [-0.05, 0) is 60.5 Å². The molecule has 3 N–H and O–H groups in total. The minimum atomic E-state index is -1.43. The molecule has 0 aromatic rings. The molecule has 0 aromatic heterocycles. The summed E-state index contributed by atoms with van der Waals surface area (Å²) in [4.78, 5) is 65.3. The maximum Gasteiger partial charge on any atom is 0.306 e. The van der Waals surface area contributed by atoms with Crippen molar-refractivity contribution in [2.45, 2.75) is 106 Å². The van der Waals surface area contributed by atoms with Gasteiger partial charge in [-0.1, -0.05) is 47.1 Å². The van der Waals surface area contributed by atoms with Gasteiger partial charge in [-0.15, -0.1) is 0 Å². The van der Waals surface area contributed by atoms with Crippen LogP contribution >= 0.6 is 0 Å². The number of aliphatic hydroxyl groups excluding tert-OH is 2. The third-order valence-corrected chi connectivity index (χ3v) is 11.4. The summed E-state index contributed by atoms with van der Waals surface area (Å²) in [6, 6.07) is 0. The van der Waals surface area contributed by atoms with Crippen molar-refractivity contribution in [3.8, 4) is 0 Å². The van der Waals surface area contributed by atoms with E-state index < -0.39 is 69.5 Å². The van der Waals surface area contributed by atoms with Gasteiger partial charge in [0.05, 0.1) is 29.0 Å². The zero-order valence-corrected chi connectivity index (χ0v) is 25.4. The molecule has 1 saturated carbocycles. The molecule has 4 aliphatic rings. The van der Waals surface area contributed by atoms with E-state index in [1.807, 2.05) is 20.8 Å². The molecule has 0 heterocycles. The number of ketones is 3. The summed E-state index contributed by atoms with van der Waals surface area (Å²) in [5, 5.41) is 31.9. The number of fused-ring (bicyclic) bond motifs is 4. The second kappa shape index (κ2) is 9.97. The van der Waals surface area contributed by atoms with Gasteiger partial charge in [-0.25, -0.2) is 0 Å². The summed E-state index contributed by atoms with van der Waals surface area (Å²) in [6.07, 6.45) is -0.728. The van der Waals surface area contributed by atoms with E-state index in [1.165, 1.54) is 19.9 Å². The van der Waals surface area contributed by atoms with Gasteiger partial charge in [0.25, 0.3) is 0 Å². The van der Waals surface area contributed by atoms with Gasteiger partial charge in [-0.3, -0.25) is 24.0 Å². The lowest BCUT2D eigenvalue weighted by molar-refractivity contribution is -0.171. The van der Waals surface area contributed by atoms with Crippen LogP contribution in [0, 0.1) is 39.4 Å². The lowest BCUT2D eigenvalue weighted by atomic mass is 9.42. The highest BCUT2D eigenvalue weighted by Gasteiger charge is 2.72. The highest BCUT2D eigenvalue weighted by molar-refractivity contribution is 6.12. The molecule has 0 aromatic carbocycles. The Hall–Kier alpha value is -2.65. The van der Waals surface area contributed by atoms with Crippen LogP contribution in [-0.2, 0) is 28.7 Å². The van der Waals surface area contributed by atoms with Crippen LogP contribution < -0.4 is 0 Å². The number of carboxylic acid groups (broad SMARTS) is 1. The summed E-state index contributed by atoms with van der Waals surface area (Å²) in [5.41, 5.74) is -3.03. The average Bonchev–Trinajstić information content (AvgIpc) is 3.07. The first-order valence-electron chi connectivity index (χ1n) is 14.6. The Labute approximate surface area is 241 Å². The largest absolute Gasteiger partial charge is 0.481 e. The molecule has 9 nitrogen and oxygen atoms in total. The minimum Gasteiger partial charge on any atom is -0.481 e. The molecule has 0 spiro atoms. The van der Waals surface area contributed by atoms with Crippen molar-refractivity contribution in [2.75, 3.05) is 0 Å². The molecule has 4 aliphatic carbocycles. The molecule has 1 fully saturated rings. The molecule has 9 atom stereocenters. The fourth-order valence-electron chi connectivity index (χ4n) is 8.87. The molecule has 41 heavy (non-hydrogen) atoms. The van der Waals surface area contributed by atoms with Crippen LogP contribution in [0.3, 0.4) is 0 Å². The van der Waals surface area contributed by atoms with Gasteiger partial charge in [-0.2, -0.15) is 0 Å². The zero-order chi connectivity index (χ0) is 31.0. The molecule has 9 unspecified atom stereocenters. The summed E-state index contributed by atoms with van der Waals surface area (Å²) < 4.78 is 5.79. The number of ether oxygens (including phenoxy) is 1. The number of carbonyl (C=O) groups excluding carboxylic acids is 4. The number of allylic oxidation sites excluding steroid dienone is 1. The molecule has 0 amide bonds. The van der Waals surface area contributed by atoms with Crippen LogP contribution in [0.25, 0.3) is 0 Å². The monoisotopic (exact) mass is 572 g/mol. The van der Waals surface area contributed by atoms with Crippen molar-refractivity contribution in [3.63, 3.8) is 0 Å². The summed E-state index contributed by atoms with van der Waals surface area (Å²) >= 11 is 0. The normalized spacial score (nSPS) is 39.2. The van der Waals surface area contributed by atoms with E-state index in [0.717, 1.165) is 0 Å². The fourth-order valence-corrected chi connectivity index (χ4v) is 8.87. The lowest BCUT2D eigenvalue weighted by Gasteiger charge is -2.62. The number of Topliss-reactive ketones (excluding diaryl/α,β-unsaturated/α-hetero) is 2.